The van der Waals surface area contributed by atoms with Crippen LogP contribution in [0, 0.1) is 6.92 Å². The zero-order chi connectivity index (χ0) is 13.2. The number of para-hydroxylation sites is 2. The highest BCUT2D eigenvalue weighted by Crippen LogP contribution is 2.30. The van der Waals surface area contributed by atoms with Crippen molar-refractivity contribution < 1.29 is 4.42 Å². The van der Waals surface area contributed by atoms with Crippen molar-refractivity contribution in [1.29, 1.82) is 0 Å². The van der Waals surface area contributed by atoms with Gasteiger partial charge in [-0.2, -0.15) is 0 Å². The van der Waals surface area contributed by atoms with Crippen molar-refractivity contribution in [3.05, 3.63) is 64.9 Å². The molecule has 0 aliphatic carbocycles. The molecule has 0 aliphatic heterocycles. The second-order valence-electron chi connectivity index (χ2n) is 4.52. The molecular formula is C16H14ClNO. The van der Waals surface area contributed by atoms with Gasteiger partial charge < -0.3 is 9.73 Å². The van der Waals surface area contributed by atoms with Crippen molar-refractivity contribution in [2.45, 2.75) is 13.5 Å². The molecule has 0 saturated carbocycles. The number of hydrogen-bond acceptors (Lipinski definition) is 2. The molecule has 0 amide bonds. The van der Waals surface area contributed by atoms with Gasteiger partial charge in [-0.15, -0.1) is 0 Å². The fourth-order valence-electron chi connectivity index (χ4n) is 2.19. The van der Waals surface area contributed by atoms with Crippen LogP contribution in [0.5, 0.6) is 0 Å². The van der Waals surface area contributed by atoms with E-state index in [4.69, 9.17) is 16.0 Å². The molecule has 0 fully saturated rings. The van der Waals surface area contributed by atoms with Crippen molar-refractivity contribution in [3.63, 3.8) is 0 Å². The topological polar surface area (TPSA) is 25.2 Å². The largest absolute Gasteiger partial charge is 0.444 e. The minimum atomic E-state index is 0.460. The van der Waals surface area contributed by atoms with Gasteiger partial charge in [-0.1, -0.05) is 36.4 Å². The lowest BCUT2D eigenvalue weighted by atomic mass is 10.1. The molecule has 96 valence electrons. The molecule has 1 aromatic heterocycles. The van der Waals surface area contributed by atoms with E-state index in [0.717, 1.165) is 22.2 Å². The van der Waals surface area contributed by atoms with E-state index in [1.807, 2.05) is 36.4 Å². The van der Waals surface area contributed by atoms with Gasteiger partial charge in [0.2, 0.25) is 0 Å². The number of furan rings is 1. The maximum absolute atomic E-state index is 6.17. The van der Waals surface area contributed by atoms with Crippen LogP contribution >= 0.6 is 11.6 Å². The van der Waals surface area contributed by atoms with E-state index < -0.39 is 0 Å². The molecule has 2 aromatic carbocycles. The predicted octanol–water partition coefficient (Wildman–Crippen LogP) is 5.01. The molecule has 0 radical (unpaired) electrons. The summed E-state index contributed by atoms with van der Waals surface area (Å²) in [5.74, 6) is 0. The number of hydrogen-bond donors (Lipinski definition) is 1. The molecule has 0 atom stereocenters. The monoisotopic (exact) mass is 271 g/mol. The van der Waals surface area contributed by atoms with Gasteiger partial charge >= 0.3 is 0 Å². The second-order valence-corrected chi connectivity index (χ2v) is 4.86. The Bertz CT molecular complexity index is 718. The zero-order valence-electron chi connectivity index (χ0n) is 10.6. The third-order valence-electron chi connectivity index (χ3n) is 3.25. The van der Waals surface area contributed by atoms with Crippen molar-refractivity contribution >= 4 is 28.3 Å². The Balaban J connectivity index is 1.90. The number of nitrogens with one attached hydrogen (secondary N) is 1. The Kier molecular flexibility index (Phi) is 3.18. The summed E-state index contributed by atoms with van der Waals surface area (Å²) in [6, 6.07) is 16.1. The summed E-state index contributed by atoms with van der Waals surface area (Å²) in [5.41, 5.74) is 4.16. The average Bonchev–Trinajstić information content (AvgIpc) is 2.74. The third-order valence-corrected chi connectivity index (χ3v) is 3.55. The van der Waals surface area contributed by atoms with E-state index in [1.54, 1.807) is 0 Å². The summed E-state index contributed by atoms with van der Waals surface area (Å²) in [5, 5.41) is 4.93. The fourth-order valence-corrected chi connectivity index (χ4v) is 2.44. The van der Waals surface area contributed by atoms with Crippen LogP contribution in [0.15, 0.2) is 52.9 Å². The SMILES string of the molecule is Cc1ccccc1NCc1c(Cl)oc2ccccc12. The molecule has 0 saturated heterocycles. The van der Waals surface area contributed by atoms with Crippen molar-refractivity contribution in [3.8, 4) is 0 Å². The molecule has 2 nitrogen and oxygen atoms in total. The van der Waals surface area contributed by atoms with E-state index in [0.29, 0.717) is 11.8 Å². The zero-order valence-corrected chi connectivity index (χ0v) is 11.4. The number of benzene rings is 2. The lowest BCUT2D eigenvalue weighted by Crippen LogP contribution is -2.00. The number of rotatable bonds is 3. The van der Waals surface area contributed by atoms with E-state index in [2.05, 4.69) is 24.4 Å². The van der Waals surface area contributed by atoms with Gasteiger partial charge in [-0.3, -0.25) is 0 Å². The lowest BCUT2D eigenvalue weighted by Gasteiger charge is -2.08. The van der Waals surface area contributed by atoms with Crippen LogP contribution in [0.3, 0.4) is 0 Å². The summed E-state index contributed by atoms with van der Waals surface area (Å²) < 4.78 is 5.54. The first-order chi connectivity index (χ1) is 9.25. The number of halogens is 1. The van der Waals surface area contributed by atoms with Crippen LogP contribution < -0.4 is 5.32 Å². The second kappa shape index (κ2) is 4.98. The van der Waals surface area contributed by atoms with E-state index in [9.17, 15) is 0 Å². The predicted molar refractivity (Wildman–Crippen MR) is 79.7 cm³/mol. The average molecular weight is 272 g/mol. The molecule has 3 aromatic rings. The highest BCUT2D eigenvalue weighted by molar-refractivity contribution is 6.30. The van der Waals surface area contributed by atoms with Crippen LogP contribution in [0.25, 0.3) is 11.0 Å². The van der Waals surface area contributed by atoms with E-state index in [1.165, 1.54) is 5.56 Å². The van der Waals surface area contributed by atoms with Crippen LogP contribution in [0.1, 0.15) is 11.1 Å². The Morgan fingerprint density at radius 3 is 2.63 bits per heavy atom. The first-order valence-electron chi connectivity index (χ1n) is 6.21. The van der Waals surface area contributed by atoms with Gasteiger partial charge in [0, 0.05) is 23.2 Å². The van der Waals surface area contributed by atoms with Gasteiger partial charge in [0.15, 0.2) is 5.22 Å². The van der Waals surface area contributed by atoms with E-state index in [-0.39, 0.29) is 0 Å². The summed E-state index contributed by atoms with van der Waals surface area (Å²) >= 11 is 6.17. The quantitative estimate of drug-likeness (QED) is 0.725. The van der Waals surface area contributed by atoms with Crippen molar-refractivity contribution in [1.82, 2.24) is 0 Å². The van der Waals surface area contributed by atoms with Gasteiger partial charge in [0.1, 0.15) is 5.58 Å². The normalized spacial score (nSPS) is 10.8. The number of aryl methyl sites for hydroxylation is 1. The Labute approximate surface area is 117 Å². The highest BCUT2D eigenvalue weighted by atomic mass is 35.5. The minimum Gasteiger partial charge on any atom is -0.444 e. The van der Waals surface area contributed by atoms with E-state index >= 15 is 0 Å². The van der Waals surface area contributed by atoms with Crippen LogP contribution in [-0.4, -0.2) is 0 Å². The van der Waals surface area contributed by atoms with Gasteiger partial charge in [0.05, 0.1) is 0 Å². The van der Waals surface area contributed by atoms with Crippen LogP contribution in [0.2, 0.25) is 5.22 Å². The third kappa shape index (κ3) is 2.32. The Morgan fingerprint density at radius 1 is 1.05 bits per heavy atom. The van der Waals surface area contributed by atoms with Crippen LogP contribution in [-0.2, 0) is 6.54 Å². The standard InChI is InChI=1S/C16H14ClNO/c1-11-6-2-4-8-14(11)18-10-13-12-7-3-5-9-15(12)19-16(13)17/h2-9,18H,10H2,1H3. The molecular weight excluding hydrogens is 258 g/mol. The molecule has 0 bridgehead atoms. The van der Waals surface area contributed by atoms with Crippen LogP contribution in [0.4, 0.5) is 5.69 Å². The van der Waals surface area contributed by atoms with Gasteiger partial charge in [-0.05, 0) is 36.2 Å². The molecule has 19 heavy (non-hydrogen) atoms. The molecule has 3 rings (SSSR count). The fraction of sp³-hybridized carbons (Fsp3) is 0.125. The minimum absolute atomic E-state index is 0.460. The summed E-state index contributed by atoms with van der Waals surface area (Å²) in [6.07, 6.45) is 0. The molecule has 0 unspecified atom stereocenters. The van der Waals surface area contributed by atoms with Gasteiger partial charge in [-0.25, -0.2) is 0 Å². The lowest BCUT2D eigenvalue weighted by molar-refractivity contribution is 0.613. The smallest absolute Gasteiger partial charge is 0.199 e. The Morgan fingerprint density at radius 2 is 1.79 bits per heavy atom. The maximum atomic E-state index is 6.17. The summed E-state index contributed by atoms with van der Waals surface area (Å²) in [4.78, 5) is 0. The van der Waals surface area contributed by atoms with Gasteiger partial charge in [0.25, 0.3) is 0 Å². The molecule has 0 spiro atoms. The molecule has 1 heterocycles. The molecule has 3 heteroatoms. The summed E-state index contributed by atoms with van der Waals surface area (Å²) in [7, 11) is 0. The maximum Gasteiger partial charge on any atom is 0.199 e. The summed E-state index contributed by atoms with van der Waals surface area (Å²) in [6.45, 7) is 2.73. The molecule has 1 N–H and O–H groups in total. The first kappa shape index (κ1) is 12.1. The van der Waals surface area contributed by atoms with Crippen molar-refractivity contribution in [2.75, 3.05) is 5.32 Å². The van der Waals surface area contributed by atoms with Crippen molar-refractivity contribution in [2.24, 2.45) is 0 Å². The number of fused-ring (bicyclic) bond motifs is 1. The first-order valence-corrected chi connectivity index (χ1v) is 6.59. The highest BCUT2D eigenvalue weighted by Gasteiger charge is 2.11. The molecule has 0 aliphatic rings. The Hall–Kier alpha value is -1.93. The number of anilines is 1.